The van der Waals surface area contributed by atoms with Crippen LogP contribution in [0.4, 0.5) is 11.5 Å². The second-order valence-electron chi connectivity index (χ2n) is 12.5. The van der Waals surface area contributed by atoms with Gasteiger partial charge in [0.1, 0.15) is 5.60 Å². The van der Waals surface area contributed by atoms with E-state index in [-0.39, 0.29) is 5.91 Å². The highest BCUT2D eigenvalue weighted by molar-refractivity contribution is 5.90. The Hall–Kier alpha value is -2.98. The summed E-state index contributed by atoms with van der Waals surface area (Å²) in [5, 5.41) is 18.7. The van der Waals surface area contributed by atoms with E-state index in [1.54, 1.807) is 38.1 Å². The number of carbonyl (C=O) groups excluding carboxylic acids is 1. The summed E-state index contributed by atoms with van der Waals surface area (Å²) in [5.41, 5.74) is 2.94. The van der Waals surface area contributed by atoms with Crippen LogP contribution in [-0.2, 0) is 10.4 Å². The van der Waals surface area contributed by atoms with E-state index in [4.69, 9.17) is 5.26 Å². The number of nitriles is 1. The average molecular weight is 550 g/mol. The molecule has 2 aromatic rings. The van der Waals surface area contributed by atoms with Crippen molar-refractivity contribution in [3.8, 4) is 6.07 Å². The van der Waals surface area contributed by atoms with E-state index in [1.165, 1.54) is 37.8 Å². The molecular formula is C33H51N5O2. The fraction of sp³-hybridized carbons (Fsp3) is 0.636. The van der Waals surface area contributed by atoms with Crippen molar-refractivity contribution in [2.45, 2.75) is 99.5 Å². The molecule has 40 heavy (non-hydrogen) atoms. The molecule has 1 saturated carbocycles. The van der Waals surface area contributed by atoms with Gasteiger partial charge >= 0.3 is 0 Å². The number of unbranched alkanes of at least 4 members (excludes halogenated alkanes) is 1. The van der Waals surface area contributed by atoms with Crippen molar-refractivity contribution in [1.29, 1.82) is 5.26 Å². The molecule has 1 aromatic heterocycles. The number of carbonyl (C=O) groups is 1. The summed E-state index contributed by atoms with van der Waals surface area (Å²) >= 11 is 0. The first-order chi connectivity index (χ1) is 18.7. The van der Waals surface area contributed by atoms with Gasteiger partial charge in [-0.05, 0) is 94.4 Å². The number of rotatable bonds is 9. The zero-order chi connectivity index (χ0) is 30.1. The Morgan fingerprint density at radius 2 is 1.93 bits per heavy atom. The second kappa shape index (κ2) is 14.6. The normalized spacial score (nSPS) is 18.2. The predicted octanol–water partition coefficient (Wildman–Crippen LogP) is 7.01. The first kappa shape index (κ1) is 33.2. The van der Waals surface area contributed by atoms with Crippen LogP contribution in [0.3, 0.4) is 0 Å². The third-order valence-corrected chi connectivity index (χ3v) is 8.40. The van der Waals surface area contributed by atoms with E-state index in [9.17, 15) is 9.90 Å². The number of aromatic nitrogens is 2. The van der Waals surface area contributed by atoms with Crippen molar-refractivity contribution < 1.29 is 9.90 Å². The van der Waals surface area contributed by atoms with Gasteiger partial charge in [-0.25, -0.2) is 4.98 Å². The van der Waals surface area contributed by atoms with Gasteiger partial charge in [-0.3, -0.25) is 14.7 Å². The van der Waals surface area contributed by atoms with Gasteiger partial charge in [0, 0.05) is 32.7 Å². The molecule has 0 aliphatic heterocycles. The number of aliphatic hydroxyl groups is 1. The molecule has 1 N–H and O–H groups in total. The molecule has 7 heteroatoms. The quantitative estimate of drug-likeness (QED) is 0.361. The molecule has 2 atom stereocenters. The molecule has 0 spiro atoms. The molecule has 0 saturated heterocycles. The van der Waals surface area contributed by atoms with Crippen molar-refractivity contribution in [2.24, 2.45) is 17.3 Å². The van der Waals surface area contributed by atoms with Gasteiger partial charge in [-0.15, -0.1) is 0 Å². The van der Waals surface area contributed by atoms with Gasteiger partial charge in [-0.1, -0.05) is 33.6 Å². The van der Waals surface area contributed by atoms with Gasteiger partial charge in [0.15, 0.2) is 5.82 Å². The number of nitrogens with zero attached hydrogens (tertiary/aromatic N) is 5. The molecule has 220 valence electrons. The Balaban J connectivity index is 0.000000360. The largest absolute Gasteiger partial charge is 0.384 e. The smallest absolute Gasteiger partial charge is 0.225 e. The zero-order valence-electron chi connectivity index (χ0n) is 26.3. The Kier molecular flexibility index (Phi) is 12.1. The van der Waals surface area contributed by atoms with E-state index in [0.29, 0.717) is 35.3 Å². The molecule has 3 rings (SSSR count). The zero-order valence-corrected chi connectivity index (χ0v) is 26.3. The highest BCUT2D eigenvalue weighted by atomic mass is 16.3. The molecule has 7 nitrogen and oxygen atoms in total. The Morgan fingerprint density at radius 3 is 2.42 bits per heavy atom. The fourth-order valence-electron chi connectivity index (χ4n) is 5.49. The van der Waals surface area contributed by atoms with Crippen LogP contribution >= 0.6 is 0 Å². The molecule has 1 aromatic carbocycles. The summed E-state index contributed by atoms with van der Waals surface area (Å²) in [6.45, 7) is 17.8. The molecule has 2 unspecified atom stereocenters. The number of anilines is 2. The molecule has 1 amide bonds. The van der Waals surface area contributed by atoms with Crippen molar-refractivity contribution in [2.75, 3.05) is 29.9 Å². The lowest BCUT2D eigenvalue weighted by Gasteiger charge is -2.43. The van der Waals surface area contributed by atoms with Crippen LogP contribution in [0, 0.1) is 35.5 Å². The number of hydrogen-bond donors (Lipinski definition) is 1. The van der Waals surface area contributed by atoms with Crippen LogP contribution in [-0.4, -0.2) is 41.1 Å². The Bertz CT molecular complexity index is 1130. The molecule has 1 aliphatic carbocycles. The molecule has 0 radical (unpaired) electrons. The standard InChI is InChI=1S/C22H37N3O2.C11H14N2/c1-7-8-9-18-12-17(10-11-21(18,3)4)15-25(16(2)26)20-14-23-19(13-24-20)22(5,6)27;1-4-13(3)11-6-5-10(8-12)7-9(11)2/h13-14,17-18,27H,7-12,15H2,1-6H3;5-7H,4H2,1-3H3. The van der Waals surface area contributed by atoms with Gasteiger partial charge in [-0.2, -0.15) is 5.26 Å². The minimum Gasteiger partial charge on any atom is -0.384 e. The first-order valence-corrected chi connectivity index (χ1v) is 14.8. The van der Waals surface area contributed by atoms with Crippen molar-refractivity contribution in [3.63, 3.8) is 0 Å². The maximum atomic E-state index is 12.3. The van der Waals surface area contributed by atoms with E-state index < -0.39 is 5.60 Å². The summed E-state index contributed by atoms with van der Waals surface area (Å²) < 4.78 is 0. The third-order valence-electron chi connectivity index (χ3n) is 8.40. The summed E-state index contributed by atoms with van der Waals surface area (Å²) in [7, 11) is 2.05. The SMILES string of the molecule is CCCCC1CC(CN(C(C)=O)c2cnc(C(C)(C)O)cn2)CCC1(C)C.CCN(C)c1ccc(C#N)cc1C. The van der Waals surface area contributed by atoms with E-state index in [1.807, 2.05) is 32.2 Å². The van der Waals surface area contributed by atoms with E-state index >= 15 is 0 Å². The van der Waals surface area contributed by atoms with Crippen molar-refractivity contribution in [3.05, 3.63) is 47.4 Å². The molecule has 1 aliphatic rings. The van der Waals surface area contributed by atoms with E-state index in [2.05, 4.69) is 48.6 Å². The van der Waals surface area contributed by atoms with Crippen LogP contribution in [0.5, 0.6) is 0 Å². The van der Waals surface area contributed by atoms with Crippen LogP contribution in [0.15, 0.2) is 30.6 Å². The Morgan fingerprint density at radius 1 is 1.23 bits per heavy atom. The minimum atomic E-state index is -1.03. The summed E-state index contributed by atoms with van der Waals surface area (Å²) in [5.74, 6) is 1.79. The van der Waals surface area contributed by atoms with Crippen LogP contribution in [0.1, 0.15) is 104 Å². The van der Waals surface area contributed by atoms with Crippen molar-refractivity contribution >= 4 is 17.4 Å². The summed E-state index contributed by atoms with van der Waals surface area (Å²) in [6, 6.07) is 7.90. The Labute approximate surface area is 242 Å². The minimum absolute atomic E-state index is 0.00440. The molecule has 0 bridgehead atoms. The number of hydrogen-bond acceptors (Lipinski definition) is 6. The predicted molar refractivity (Wildman–Crippen MR) is 164 cm³/mol. The second-order valence-corrected chi connectivity index (χ2v) is 12.5. The fourth-order valence-corrected chi connectivity index (χ4v) is 5.49. The van der Waals surface area contributed by atoms with Crippen LogP contribution < -0.4 is 9.80 Å². The number of aryl methyl sites for hydroxylation is 1. The average Bonchev–Trinajstić information content (AvgIpc) is 2.90. The van der Waals surface area contributed by atoms with Gasteiger partial charge in [0.25, 0.3) is 0 Å². The molecular weight excluding hydrogens is 498 g/mol. The first-order valence-electron chi connectivity index (χ1n) is 14.8. The topological polar surface area (TPSA) is 93.3 Å². The number of amides is 1. The van der Waals surface area contributed by atoms with Gasteiger partial charge in [0.2, 0.25) is 5.91 Å². The number of benzene rings is 1. The maximum Gasteiger partial charge on any atom is 0.225 e. The lowest BCUT2D eigenvalue weighted by atomic mass is 9.64. The summed E-state index contributed by atoms with van der Waals surface area (Å²) in [6.07, 6.45) is 10.5. The van der Waals surface area contributed by atoms with Crippen molar-refractivity contribution in [1.82, 2.24) is 9.97 Å². The monoisotopic (exact) mass is 549 g/mol. The highest BCUT2D eigenvalue weighted by Gasteiger charge is 2.37. The molecule has 1 heterocycles. The maximum absolute atomic E-state index is 12.3. The third kappa shape index (κ3) is 9.30. The molecule has 1 fully saturated rings. The van der Waals surface area contributed by atoms with E-state index in [0.717, 1.165) is 24.1 Å². The van der Waals surface area contributed by atoms with Gasteiger partial charge in [0.05, 0.1) is 29.7 Å². The van der Waals surface area contributed by atoms with Crippen LogP contribution in [0.2, 0.25) is 0 Å². The lowest BCUT2D eigenvalue weighted by Crippen LogP contribution is -2.40. The highest BCUT2D eigenvalue weighted by Crippen LogP contribution is 2.45. The van der Waals surface area contributed by atoms with Gasteiger partial charge < -0.3 is 10.0 Å². The lowest BCUT2D eigenvalue weighted by molar-refractivity contribution is -0.116. The van der Waals surface area contributed by atoms with Crippen LogP contribution in [0.25, 0.3) is 0 Å². The summed E-state index contributed by atoms with van der Waals surface area (Å²) in [4.78, 5) is 24.9.